The van der Waals surface area contributed by atoms with Gasteiger partial charge in [0.15, 0.2) is 0 Å². The first-order valence-corrected chi connectivity index (χ1v) is 6.83. The van der Waals surface area contributed by atoms with Crippen molar-refractivity contribution in [1.29, 1.82) is 0 Å². The van der Waals surface area contributed by atoms with Gasteiger partial charge in [-0.25, -0.2) is 0 Å². The minimum absolute atomic E-state index is 0. The molecule has 0 bridgehead atoms. The van der Waals surface area contributed by atoms with E-state index in [1.165, 1.54) is 25.7 Å². The van der Waals surface area contributed by atoms with Crippen LogP contribution in [-0.2, 0) is 17.1 Å². The van der Waals surface area contributed by atoms with E-state index in [9.17, 15) is 0 Å². The Labute approximate surface area is 160 Å². The zero-order valence-electron chi connectivity index (χ0n) is 14.9. The Morgan fingerprint density at radius 1 is 0.474 bits per heavy atom. The first-order chi connectivity index (χ1) is 7.66. The first kappa shape index (κ1) is 42.8. The average Bonchev–Trinajstić information content (AvgIpc) is 2.39. The minimum atomic E-state index is 0. The molecule has 0 aromatic rings. The third kappa shape index (κ3) is 189. The van der Waals surface area contributed by atoms with Crippen molar-refractivity contribution in [1.82, 2.24) is 0 Å². The van der Waals surface area contributed by atoms with E-state index < -0.39 is 0 Å². The van der Waals surface area contributed by atoms with E-state index in [0.29, 0.717) is 0 Å². The fraction of sp³-hybridized carbons (Fsp3) is 0.750. The standard InChI is InChI=1S/4C4H9.2Li.Mn/c4*1-3-4-2;;;/h4*1,3-4H2,2H3;;;/q4*-1;;;. The third-order valence-corrected chi connectivity index (χ3v) is 1.41. The van der Waals surface area contributed by atoms with Crippen LogP contribution in [0.4, 0.5) is 0 Å². The molecule has 0 aliphatic carbocycles. The van der Waals surface area contributed by atoms with Crippen molar-refractivity contribution in [3.63, 3.8) is 0 Å². The van der Waals surface area contributed by atoms with Crippen LogP contribution >= 0.6 is 0 Å². The summed E-state index contributed by atoms with van der Waals surface area (Å²) in [5.41, 5.74) is 0. The largest absolute Gasteiger partial charge is 0.343 e. The van der Waals surface area contributed by atoms with Gasteiger partial charge in [0.2, 0.25) is 0 Å². The van der Waals surface area contributed by atoms with Gasteiger partial charge in [-0.05, 0) is 0 Å². The summed E-state index contributed by atoms with van der Waals surface area (Å²) in [5.74, 6) is 0. The molecule has 0 aromatic carbocycles. The van der Waals surface area contributed by atoms with Crippen LogP contribution in [0.2, 0.25) is 0 Å². The van der Waals surface area contributed by atoms with Crippen LogP contribution in [0.3, 0.4) is 0 Å². The summed E-state index contributed by atoms with van der Waals surface area (Å²) >= 11 is 0. The van der Waals surface area contributed by atoms with Crippen molar-refractivity contribution in [2.75, 3.05) is 0 Å². The van der Waals surface area contributed by atoms with Crippen molar-refractivity contribution in [2.45, 2.75) is 79.1 Å². The number of hydrogen-bond donors (Lipinski definition) is 0. The summed E-state index contributed by atoms with van der Waals surface area (Å²) in [5, 5.41) is 0. The summed E-state index contributed by atoms with van der Waals surface area (Å²) in [6.45, 7) is 22.9. The van der Waals surface area contributed by atoms with Crippen LogP contribution in [0.25, 0.3) is 0 Å². The second-order valence-corrected chi connectivity index (χ2v) is 3.41. The van der Waals surface area contributed by atoms with E-state index in [-0.39, 0.29) is 54.8 Å². The Bertz CT molecular complexity index is 38.7. The molecule has 0 N–H and O–H groups in total. The van der Waals surface area contributed by atoms with Crippen molar-refractivity contribution < 1.29 is 17.1 Å². The van der Waals surface area contributed by atoms with Crippen LogP contribution in [0.1, 0.15) is 79.1 Å². The molecule has 0 aliphatic rings. The van der Waals surface area contributed by atoms with Gasteiger partial charge >= 0.3 is 0 Å². The first-order valence-electron chi connectivity index (χ1n) is 6.83. The van der Waals surface area contributed by atoms with Gasteiger partial charge < -0.3 is 27.7 Å². The third-order valence-electron chi connectivity index (χ3n) is 1.41. The Kier molecular flexibility index (Phi) is 165. The molecule has 19 heavy (non-hydrogen) atoms. The SMILES string of the molecule is [CH2-]CCC.[CH2-]CCC.[CH2-]CCC.[CH2-]CCC.[Li].[Li].[Mn]. The Morgan fingerprint density at radius 3 is 0.526 bits per heavy atom. The second-order valence-electron chi connectivity index (χ2n) is 3.41. The fourth-order valence-corrected chi connectivity index (χ4v) is 0. The van der Waals surface area contributed by atoms with Gasteiger partial charge in [0, 0.05) is 54.8 Å². The molecule has 0 rings (SSSR count). The molecule has 3 heteroatoms. The molecule has 0 aromatic heterocycles. The molecule has 0 unspecified atom stereocenters. The molecule has 113 valence electrons. The topological polar surface area (TPSA) is 0 Å². The quantitative estimate of drug-likeness (QED) is 0.460. The molecule has 0 nitrogen and oxygen atoms in total. The van der Waals surface area contributed by atoms with Gasteiger partial charge in [-0.15, -0.1) is 0 Å². The van der Waals surface area contributed by atoms with E-state index in [2.05, 4.69) is 55.4 Å². The molecular formula is C16H36Li2Mn-4. The maximum absolute atomic E-state index is 3.60. The number of unbranched alkanes of at least 4 members (excludes halogenated alkanes) is 4. The second kappa shape index (κ2) is 73.2. The average molecular weight is 297 g/mol. The van der Waals surface area contributed by atoms with Gasteiger partial charge in [0.25, 0.3) is 0 Å². The molecule has 0 saturated heterocycles. The molecule has 0 fully saturated rings. The Hall–Kier alpha value is 1.71. The van der Waals surface area contributed by atoms with Crippen LogP contribution in [-0.4, -0.2) is 37.7 Å². The summed E-state index contributed by atoms with van der Waals surface area (Å²) in [7, 11) is 0. The molecule has 0 heterocycles. The van der Waals surface area contributed by atoms with E-state index in [0.717, 1.165) is 25.7 Å². The summed E-state index contributed by atoms with van der Waals surface area (Å²) in [6, 6.07) is 0. The zero-order chi connectivity index (χ0) is 13.7. The van der Waals surface area contributed by atoms with Gasteiger partial charge in [-0.2, -0.15) is 25.7 Å². The van der Waals surface area contributed by atoms with E-state index in [4.69, 9.17) is 0 Å². The maximum atomic E-state index is 3.60. The van der Waals surface area contributed by atoms with E-state index in [1.807, 2.05) is 0 Å². The van der Waals surface area contributed by atoms with Gasteiger partial charge in [0.1, 0.15) is 0 Å². The molecule has 3 radical (unpaired) electrons. The van der Waals surface area contributed by atoms with Crippen LogP contribution in [0.5, 0.6) is 0 Å². The molecular weight excluding hydrogens is 261 g/mol. The van der Waals surface area contributed by atoms with Gasteiger partial charge in [-0.3, -0.25) is 0 Å². The van der Waals surface area contributed by atoms with E-state index in [1.54, 1.807) is 0 Å². The Balaban J connectivity index is -0.0000000192. The van der Waals surface area contributed by atoms with Crippen molar-refractivity contribution >= 4 is 37.7 Å². The number of rotatable bonds is 4. The van der Waals surface area contributed by atoms with E-state index >= 15 is 0 Å². The van der Waals surface area contributed by atoms with Crippen LogP contribution in [0, 0.1) is 27.7 Å². The molecule has 0 amide bonds. The van der Waals surface area contributed by atoms with Crippen LogP contribution in [0.15, 0.2) is 0 Å². The maximum Gasteiger partial charge on any atom is 0 e. The molecule has 0 saturated carbocycles. The monoisotopic (exact) mass is 297 g/mol. The zero-order valence-corrected chi connectivity index (χ0v) is 16.0. The van der Waals surface area contributed by atoms with Crippen LogP contribution < -0.4 is 0 Å². The Morgan fingerprint density at radius 2 is 0.526 bits per heavy atom. The fourth-order valence-electron chi connectivity index (χ4n) is 0. The summed E-state index contributed by atoms with van der Waals surface area (Å²) in [4.78, 5) is 0. The molecule has 0 spiro atoms. The van der Waals surface area contributed by atoms with Crippen molar-refractivity contribution in [3.05, 3.63) is 27.7 Å². The number of hydrogen-bond acceptors (Lipinski definition) is 0. The van der Waals surface area contributed by atoms with Crippen molar-refractivity contribution in [3.8, 4) is 0 Å². The summed E-state index contributed by atoms with van der Waals surface area (Å²) in [6.07, 6.45) is 9.11. The van der Waals surface area contributed by atoms with Gasteiger partial charge in [0.05, 0.1) is 0 Å². The summed E-state index contributed by atoms with van der Waals surface area (Å²) < 4.78 is 0. The van der Waals surface area contributed by atoms with Gasteiger partial charge in [-0.1, -0.05) is 53.4 Å². The molecule has 0 aliphatic heterocycles. The predicted octanol–water partition coefficient (Wildman–Crippen LogP) is 5.72. The smallest absolute Gasteiger partial charge is 0 e. The predicted molar refractivity (Wildman–Crippen MR) is 92.6 cm³/mol. The normalized spacial score (nSPS) is 6.32. The van der Waals surface area contributed by atoms with Crippen molar-refractivity contribution in [2.24, 2.45) is 0 Å². The molecule has 0 atom stereocenters. The minimum Gasteiger partial charge on any atom is -0.343 e.